The minimum absolute atomic E-state index is 0.00463. The molecule has 0 amide bonds. The number of hydrogen-bond donors (Lipinski definition) is 0. The van der Waals surface area contributed by atoms with Gasteiger partial charge in [-0.25, -0.2) is 22.0 Å². The van der Waals surface area contributed by atoms with Crippen LogP contribution in [0.15, 0.2) is 11.9 Å². The maximum atomic E-state index is 13.0. The van der Waals surface area contributed by atoms with E-state index in [4.69, 9.17) is 0 Å². The summed E-state index contributed by atoms with van der Waals surface area (Å²) in [5.74, 6) is -7.27. The Kier molecular flexibility index (Phi) is 11.0. The summed E-state index contributed by atoms with van der Waals surface area (Å²) in [6.07, 6.45) is 0.148. The number of rotatable bonds is 7. The first-order chi connectivity index (χ1) is 10.1. The summed E-state index contributed by atoms with van der Waals surface area (Å²) in [5, 5.41) is 0. The predicted molar refractivity (Wildman–Crippen MR) is 87.7 cm³/mol. The molecule has 0 radical (unpaired) electrons. The summed E-state index contributed by atoms with van der Waals surface area (Å²) in [4.78, 5) is 0. The van der Waals surface area contributed by atoms with Crippen molar-refractivity contribution in [2.75, 3.05) is 0 Å². The number of hydrogen-bond acceptors (Lipinski definition) is 0. The van der Waals surface area contributed by atoms with Gasteiger partial charge in [0.05, 0.1) is 0 Å². The zero-order valence-electron chi connectivity index (χ0n) is 15.7. The van der Waals surface area contributed by atoms with E-state index in [2.05, 4.69) is 0 Å². The van der Waals surface area contributed by atoms with Gasteiger partial charge in [0.2, 0.25) is 0 Å². The zero-order valence-corrected chi connectivity index (χ0v) is 15.7. The topological polar surface area (TPSA) is 0 Å². The quantitative estimate of drug-likeness (QED) is 0.419. The third-order valence-electron chi connectivity index (χ3n) is 3.11. The molecule has 0 aromatic heterocycles. The molecule has 0 aliphatic heterocycles. The molecule has 0 unspecified atom stereocenters. The van der Waals surface area contributed by atoms with Gasteiger partial charge in [-0.05, 0) is 11.8 Å². The summed E-state index contributed by atoms with van der Waals surface area (Å²) < 4.78 is 64.4. The number of allylic oxidation sites excluding steroid dienone is 2. The van der Waals surface area contributed by atoms with E-state index < -0.39 is 29.5 Å². The van der Waals surface area contributed by atoms with Gasteiger partial charge in [-0.2, -0.15) is 0 Å². The highest BCUT2D eigenvalue weighted by molar-refractivity contribution is 5.03. The van der Waals surface area contributed by atoms with Gasteiger partial charge < -0.3 is 0 Å². The molecule has 0 atom stereocenters. The van der Waals surface area contributed by atoms with Crippen LogP contribution in [0, 0.1) is 23.7 Å². The highest BCUT2D eigenvalue weighted by Crippen LogP contribution is 2.30. The van der Waals surface area contributed by atoms with Crippen molar-refractivity contribution >= 4 is 0 Å². The summed E-state index contributed by atoms with van der Waals surface area (Å²) >= 11 is 0. The van der Waals surface area contributed by atoms with Crippen LogP contribution in [-0.2, 0) is 0 Å². The first kappa shape index (κ1) is 24.6. The van der Waals surface area contributed by atoms with Crippen LogP contribution in [0.2, 0.25) is 0 Å². The standard InChI is InChI=1S/C10H17F3.C8H16F2/c1-7(2)5-10(12,13)6-9(11)8(3)4;1-6(2)5-8(9,10)7(3)4/h6-8H,5H2,1-4H3;6-7H,5H2,1-4H3/b9-6-;. The normalized spacial score (nSPS) is 13.9. The molecule has 0 rings (SSSR count). The van der Waals surface area contributed by atoms with Gasteiger partial charge >= 0.3 is 0 Å². The lowest BCUT2D eigenvalue weighted by atomic mass is 9.96. The van der Waals surface area contributed by atoms with Crippen molar-refractivity contribution in [3.05, 3.63) is 11.9 Å². The first-order valence-corrected chi connectivity index (χ1v) is 8.24. The van der Waals surface area contributed by atoms with Crippen LogP contribution >= 0.6 is 0 Å². The largest absolute Gasteiger partial charge is 0.269 e. The van der Waals surface area contributed by atoms with Crippen molar-refractivity contribution in [2.45, 2.75) is 80.1 Å². The Bertz CT molecular complexity index is 341. The minimum Gasteiger partial charge on any atom is -0.212 e. The fraction of sp³-hybridized carbons (Fsp3) is 0.889. The lowest BCUT2D eigenvalue weighted by Gasteiger charge is -2.21. The molecule has 0 nitrogen and oxygen atoms in total. The Morgan fingerprint density at radius 3 is 1.39 bits per heavy atom. The molecular formula is C18H33F5. The Balaban J connectivity index is 0. The van der Waals surface area contributed by atoms with Crippen LogP contribution in [-0.4, -0.2) is 11.8 Å². The molecule has 0 aromatic rings. The molecular weight excluding hydrogens is 311 g/mol. The van der Waals surface area contributed by atoms with Gasteiger partial charge in [0.25, 0.3) is 11.8 Å². The van der Waals surface area contributed by atoms with E-state index in [1.165, 1.54) is 0 Å². The Hall–Kier alpha value is -0.610. The Morgan fingerprint density at radius 1 is 0.783 bits per heavy atom. The lowest BCUT2D eigenvalue weighted by Crippen LogP contribution is -2.25. The fourth-order valence-electron chi connectivity index (χ4n) is 1.75. The van der Waals surface area contributed by atoms with Gasteiger partial charge in [0, 0.05) is 30.8 Å². The van der Waals surface area contributed by atoms with Crippen LogP contribution in [0.25, 0.3) is 0 Å². The van der Waals surface area contributed by atoms with Crippen molar-refractivity contribution < 1.29 is 22.0 Å². The SMILES string of the molecule is CC(C)CC(F)(F)/C=C(\F)C(C)C.CC(C)CC(F)(F)C(C)C. The molecule has 0 fully saturated rings. The van der Waals surface area contributed by atoms with E-state index in [9.17, 15) is 22.0 Å². The third-order valence-corrected chi connectivity index (χ3v) is 3.11. The monoisotopic (exact) mass is 344 g/mol. The molecule has 5 heteroatoms. The zero-order chi connectivity index (χ0) is 19.0. The average Bonchev–Trinajstić information content (AvgIpc) is 2.24. The molecule has 23 heavy (non-hydrogen) atoms. The van der Waals surface area contributed by atoms with Gasteiger partial charge in [-0.3, -0.25) is 0 Å². The number of halogens is 5. The molecule has 0 bridgehead atoms. The van der Waals surface area contributed by atoms with Gasteiger partial charge in [0.1, 0.15) is 5.83 Å². The second-order valence-corrected chi connectivity index (χ2v) is 7.56. The van der Waals surface area contributed by atoms with Crippen molar-refractivity contribution in [3.8, 4) is 0 Å². The molecule has 0 aliphatic carbocycles. The van der Waals surface area contributed by atoms with Crippen molar-refractivity contribution in [1.29, 1.82) is 0 Å². The van der Waals surface area contributed by atoms with Crippen molar-refractivity contribution in [2.24, 2.45) is 23.7 Å². The summed E-state index contributed by atoms with van der Waals surface area (Å²) in [7, 11) is 0. The van der Waals surface area contributed by atoms with Crippen LogP contribution in [0.3, 0.4) is 0 Å². The first-order valence-electron chi connectivity index (χ1n) is 8.24. The molecule has 0 saturated heterocycles. The molecule has 0 spiro atoms. The molecule has 0 aliphatic rings. The maximum Gasteiger partial charge on any atom is 0.269 e. The van der Waals surface area contributed by atoms with E-state index in [1.54, 1.807) is 41.5 Å². The molecule has 0 N–H and O–H groups in total. The lowest BCUT2D eigenvalue weighted by molar-refractivity contribution is -0.0617. The van der Waals surface area contributed by atoms with Gasteiger partial charge in [-0.1, -0.05) is 55.4 Å². The molecule has 0 aromatic carbocycles. The summed E-state index contributed by atoms with van der Waals surface area (Å²) in [5.41, 5.74) is 0. The van der Waals surface area contributed by atoms with E-state index in [0.29, 0.717) is 6.08 Å². The summed E-state index contributed by atoms with van der Waals surface area (Å²) in [6.45, 7) is 13.2. The van der Waals surface area contributed by atoms with Crippen LogP contribution in [0.4, 0.5) is 22.0 Å². The van der Waals surface area contributed by atoms with Gasteiger partial charge in [-0.15, -0.1) is 0 Å². The van der Waals surface area contributed by atoms with Crippen LogP contribution < -0.4 is 0 Å². The molecule has 140 valence electrons. The predicted octanol–water partition coefficient (Wildman–Crippen LogP) is 7.50. The fourth-order valence-corrected chi connectivity index (χ4v) is 1.75. The Morgan fingerprint density at radius 2 is 1.17 bits per heavy atom. The smallest absolute Gasteiger partial charge is 0.212 e. The summed E-state index contributed by atoms with van der Waals surface area (Å²) in [6, 6.07) is 0. The van der Waals surface area contributed by atoms with E-state index in [0.717, 1.165) is 0 Å². The highest BCUT2D eigenvalue weighted by Gasteiger charge is 2.33. The second-order valence-electron chi connectivity index (χ2n) is 7.56. The van der Waals surface area contributed by atoms with E-state index in [1.807, 2.05) is 13.8 Å². The maximum absolute atomic E-state index is 13.0. The van der Waals surface area contributed by atoms with E-state index >= 15 is 0 Å². The molecule has 0 heterocycles. The molecule has 0 saturated carbocycles. The third kappa shape index (κ3) is 13.5. The minimum atomic E-state index is -3.01. The van der Waals surface area contributed by atoms with E-state index in [-0.39, 0.29) is 24.7 Å². The van der Waals surface area contributed by atoms with Crippen LogP contribution in [0.5, 0.6) is 0 Å². The Labute approximate surface area is 138 Å². The van der Waals surface area contributed by atoms with Crippen LogP contribution in [0.1, 0.15) is 68.2 Å². The van der Waals surface area contributed by atoms with Crippen molar-refractivity contribution in [1.82, 2.24) is 0 Å². The van der Waals surface area contributed by atoms with Crippen molar-refractivity contribution in [3.63, 3.8) is 0 Å². The second kappa shape index (κ2) is 10.3. The van der Waals surface area contributed by atoms with Gasteiger partial charge in [0.15, 0.2) is 0 Å². The average molecular weight is 344 g/mol. The highest BCUT2D eigenvalue weighted by atomic mass is 19.3. The number of alkyl halides is 4.